The predicted octanol–water partition coefficient (Wildman–Crippen LogP) is 3.19. The summed E-state index contributed by atoms with van der Waals surface area (Å²) >= 11 is 0. The Balaban J connectivity index is 1.75. The van der Waals surface area contributed by atoms with Crippen LogP contribution in [0.3, 0.4) is 0 Å². The van der Waals surface area contributed by atoms with Crippen LogP contribution in [0.15, 0.2) is 42.5 Å². The van der Waals surface area contributed by atoms with E-state index in [2.05, 4.69) is 22.3 Å². The standard InChI is InChI=1S/C20H25N3O2/c1-15-4-9-19(23-11-2-3-12-23)18(14-15)20(24)22-16-5-7-17(8-6-16)25-13-10-21/h4-9,14H,2-3,10-13,21H2,1H3,(H,22,24). The fraction of sp³-hybridized carbons (Fsp3) is 0.350. The van der Waals surface area contributed by atoms with Gasteiger partial charge in [-0.15, -0.1) is 0 Å². The summed E-state index contributed by atoms with van der Waals surface area (Å²) in [4.78, 5) is 15.1. The summed E-state index contributed by atoms with van der Waals surface area (Å²) in [5.41, 5.74) is 9.00. The highest BCUT2D eigenvalue weighted by molar-refractivity contribution is 6.08. The lowest BCUT2D eigenvalue weighted by Gasteiger charge is -2.21. The minimum Gasteiger partial charge on any atom is -0.492 e. The van der Waals surface area contributed by atoms with Crippen molar-refractivity contribution in [2.24, 2.45) is 5.73 Å². The Morgan fingerprint density at radius 2 is 1.88 bits per heavy atom. The van der Waals surface area contributed by atoms with Crippen molar-refractivity contribution in [1.82, 2.24) is 0 Å². The van der Waals surface area contributed by atoms with Gasteiger partial charge < -0.3 is 20.7 Å². The molecule has 1 fully saturated rings. The molecule has 2 aromatic rings. The fourth-order valence-corrected chi connectivity index (χ4v) is 3.08. The van der Waals surface area contributed by atoms with Crippen LogP contribution < -0.4 is 20.7 Å². The van der Waals surface area contributed by atoms with E-state index in [1.807, 2.05) is 37.3 Å². The van der Waals surface area contributed by atoms with Crippen molar-refractivity contribution < 1.29 is 9.53 Å². The minimum absolute atomic E-state index is 0.0822. The number of aryl methyl sites for hydroxylation is 1. The molecule has 1 heterocycles. The smallest absolute Gasteiger partial charge is 0.257 e. The second kappa shape index (κ2) is 8.03. The van der Waals surface area contributed by atoms with Crippen molar-refractivity contribution in [2.45, 2.75) is 19.8 Å². The molecule has 1 amide bonds. The van der Waals surface area contributed by atoms with Crippen LogP contribution in [0.4, 0.5) is 11.4 Å². The van der Waals surface area contributed by atoms with E-state index in [4.69, 9.17) is 10.5 Å². The topological polar surface area (TPSA) is 67.6 Å². The maximum atomic E-state index is 12.8. The number of nitrogens with zero attached hydrogens (tertiary/aromatic N) is 1. The molecule has 0 radical (unpaired) electrons. The van der Waals surface area contributed by atoms with Gasteiger partial charge in [-0.3, -0.25) is 4.79 Å². The van der Waals surface area contributed by atoms with E-state index in [9.17, 15) is 4.79 Å². The maximum Gasteiger partial charge on any atom is 0.257 e. The first-order valence-corrected chi connectivity index (χ1v) is 8.77. The number of amides is 1. The van der Waals surface area contributed by atoms with Crippen molar-refractivity contribution in [3.63, 3.8) is 0 Å². The molecule has 0 unspecified atom stereocenters. The van der Waals surface area contributed by atoms with E-state index >= 15 is 0 Å². The first-order chi connectivity index (χ1) is 12.2. The van der Waals surface area contributed by atoms with Crippen LogP contribution >= 0.6 is 0 Å². The van der Waals surface area contributed by atoms with Crippen LogP contribution in [0.5, 0.6) is 5.75 Å². The first-order valence-electron chi connectivity index (χ1n) is 8.77. The van der Waals surface area contributed by atoms with E-state index in [-0.39, 0.29) is 5.91 Å². The van der Waals surface area contributed by atoms with E-state index in [1.165, 1.54) is 12.8 Å². The Morgan fingerprint density at radius 1 is 1.16 bits per heavy atom. The average molecular weight is 339 g/mol. The lowest BCUT2D eigenvalue weighted by atomic mass is 10.1. The summed E-state index contributed by atoms with van der Waals surface area (Å²) in [6.45, 7) is 4.99. The molecule has 5 heteroatoms. The second-order valence-electron chi connectivity index (χ2n) is 6.33. The maximum absolute atomic E-state index is 12.8. The van der Waals surface area contributed by atoms with Crippen molar-refractivity contribution in [1.29, 1.82) is 0 Å². The lowest BCUT2D eigenvalue weighted by molar-refractivity contribution is 0.102. The highest BCUT2D eigenvalue weighted by atomic mass is 16.5. The van der Waals surface area contributed by atoms with Crippen molar-refractivity contribution in [2.75, 3.05) is 36.5 Å². The van der Waals surface area contributed by atoms with Gasteiger partial charge in [-0.05, 0) is 56.2 Å². The largest absolute Gasteiger partial charge is 0.492 e. The molecule has 3 rings (SSSR count). The van der Waals surface area contributed by atoms with Crippen LogP contribution in [-0.4, -0.2) is 32.1 Å². The molecule has 0 aromatic heterocycles. The molecular formula is C20H25N3O2. The van der Waals surface area contributed by atoms with Gasteiger partial charge in [-0.1, -0.05) is 11.6 Å². The van der Waals surface area contributed by atoms with Crippen LogP contribution in [-0.2, 0) is 0 Å². The third-order valence-electron chi connectivity index (χ3n) is 4.34. The molecule has 5 nitrogen and oxygen atoms in total. The molecule has 0 saturated carbocycles. The Hall–Kier alpha value is -2.53. The number of benzene rings is 2. The van der Waals surface area contributed by atoms with Crippen LogP contribution in [0.1, 0.15) is 28.8 Å². The van der Waals surface area contributed by atoms with Gasteiger partial charge in [0, 0.05) is 31.0 Å². The quantitative estimate of drug-likeness (QED) is 0.848. The molecular weight excluding hydrogens is 314 g/mol. The third kappa shape index (κ3) is 4.31. The molecule has 0 atom stereocenters. The molecule has 25 heavy (non-hydrogen) atoms. The average Bonchev–Trinajstić information content (AvgIpc) is 3.15. The lowest BCUT2D eigenvalue weighted by Crippen LogP contribution is -2.23. The molecule has 0 bridgehead atoms. The van der Waals surface area contributed by atoms with E-state index in [0.717, 1.165) is 41.3 Å². The van der Waals surface area contributed by atoms with E-state index < -0.39 is 0 Å². The minimum atomic E-state index is -0.0822. The second-order valence-corrected chi connectivity index (χ2v) is 6.33. The van der Waals surface area contributed by atoms with E-state index in [0.29, 0.717) is 13.2 Å². The van der Waals surface area contributed by atoms with Gasteiger partial charge in [-0.25, -0.2) is 0 Å². The third-order valence-corrected chi connectivity index (χ3v) is 4.34. The van der Waals surface area contributed by atoms with Gasteiger partial charge in [0.05, 0.1) is 5.56 Å². The Kier molecular flexibility index (Phi) is 5.56. The van der Waals surface area contributed by atoms with Crippen LogP contribution in [0.2, 0.25) is 0 Å². The van der Waals surface area contributed by atoms with Gasteiger partial charge in [0.1, 0.15) is 12.4 Å². The zero-order chi connectivity index (χ0) is 17.6. The number of nitrogens with one attached hydrogen (secondary N) is 1. The SMILES string of the molecule is Cc1ccc(N2CCCC2)c(C(=O)Nc2ccc(OCCN)cc2)c1. The zero-order valence-electron chi connectivity index (χ0n) is 14.6. The summed E-state index contributed by atoms with van der Waals surface area (Å²) in [5.74, 6) is 0.665. The molecule has 132 valence electrons. The summed E-state index contributed by atoms with van der Waals surface area (Å²) in [6.07, 6.45) is 2.36. The van der Waals surface area contributed by atoms with Crippen LogP contribution in [0, 0.1) is 6.92 Å². The zero-order valence-corrected chi connectivity index (χ0v) is 14.6. The highest BCUT2D eigenvalue weighted by Gasteiger charge is 2.19. The normalized spacial score (nSPS) is 13.8. The molecule has 0 spiro atoms. The Bertz CT molecular complexity index is 722. The van der Waals surface area contributed by atoms with Gasteiger partial charge >= 0.3 is 0 Å². The van der Waals surface area contributed by atoms with Gasteiger partial charge in [0.25, 0.3) is 5.91 Å². The summed E-state index contributed by atoms with van der Waals surface area (Å²) in [6, 6.07) is 13.4. The summed E-state index contributed by atoms with van der Waals surface area (Å²) < 4.78 is 5.46. The molecule has 3 N–H and O–H groups in total. The van der Waals surface area contributed by atoms with Crippen molar-refractivity contribution in [3.05, 3.63) is 53.6 Å². The number of hydrogen-bond acceptors (Lipinski definition) is 4. The number of rotatable bonds is 6. The number of nitrogens with two attached hydrogens (primary N) is 1. The number of carbonyl (C=O) groups excluding carboxylic acids is 1. The number of hydrogen-bond donors (Lipinski definition) is 2. The summed E-state index contributed by atoms with van der Waals surface area (Å²) in [7, 11) is 0. The first kappa shape index (κ1) is 17.3. The molecule has 2 aromatic carbocycles. The van der Waals surface area contributed by atoms with Crippen molar-refractivity contribution in [3.8, 4) is 5.75 Å². The molecule has 1 saturated heterocycles. The molecule has 1 aliphatic heterocycles. The van der Waals surface area contributed by atoms with Crippen LogP contribution in [0.25, 0.3) is 0 Å². The van der Waals surface area contributed by atoms with Gasteiger partial charge in [0.2, 0.25) is 0 Å². The number of carbonyl (C=O) groups is 1. The Morgan fingerprint density at radius 3 is 2.56 bits per heavy atom. The number of ether oxygens (including phenoxy) is 1. The monoisotopic (exact) mass is 339 g/mol. The highest BCUT2D eigenvalue weighted by Crippen LogP contribution is 2.27. The molecule has 0 aliphatic carbocycles. The molecule has 1 aliphatic rings. The van der Waals surface area contributed by atoms with Crippen molar-refractivity contribution >= 4 is 17.3 Å². The van der Waals surface area contributed by atoms with Gasteiger partial charge in [0.15, 0.2) is 0 Å². The number of anilines is 2. The summed E-state index contributed by atoms with van der Waals surface area (Å²) in [5, 5.41) is 2.99. The van der Waals surface area contributed by atoms with Gasteiger partial charge in [-0.2, -0.15) is 0 Å². The predicted molar refractivity (Wildman–Crippen MR) is 102 cm³/mol. The fourth-order valence-electron chi connectivity index (χ4n) is 3.08. The Labute approximate surface area is 148 Å². The van der Waals surface area contributed by atoms with E-state index in [1.54, 1.807) is 0 Å².